The lowest BCUT2D eigenvalue weighted by Gasteiger charge is -2.37. The standard InChI is InChI=1S/C20H24N6O2/c1-14-13-28-11-8-26(14)17-12-18(25-6-9-27-10-7-25)23-19-15(17)2-4-21-20(19)16-3-5-22-24-16/h2-5,12,14H,6-11,13H2,1H3,(H,22,24). The number of morpholine rings is 2. The largest absolute Gasteiger partial charge is 0.378 e. The Kier molecular flexibility index (Phi) is 4.58. The third-order valence-electron chi connectivity index (χ3n) is 5.46. The molecule has 2 aliphatic heterocycles. The fourth-order valence-electron chi connectivity index (χ4n) is 3.98. The number of hydrogen-bond acceptors (Lipinski definition) is 7. The molecule has 0 spiro atoms. The van der Waals surface area contributed by atoms with Crippen LogP contribution in [0.5, 0.6) is 0 Å². The molecule has 8 nitrogen and oxygen atoms in total. The molecule has 0 bridgehead atoms. The lowest BCUT2D eigenvalue weighted by atomic mass is 10.1. The van der Waals surface area contributed by atoms with Gasteiger partial charge in [-0.1, -0.05) is 0 Å². The highest BCUT2D eigenvalue weighted by atomic mass is 16.5. The minimum atomic E-state index is 0.306. The van der Waals surface area contributed by atoms with Crippen molar-refractivity contribution in [3.8, 4) is 11.4 Å². The van der Waals surface area contributed by atoms with Crippen LogP contribution >= 0.6 is 0 Å². The van der Waals surface area contributed by atoms with Crippen LogP contribution in [0.3, 0.4) is 0 Å². The summed E-state index contributed by atoms with van der Waals surface area (Å²) in [5, 5.41) is 8.23. The van der Waals surface area contributed by atoms with Gasteiger partial charge in [0.1, 0.15) is 17.0 Å². The fourth-order valence-corrected chi connectivity index (χ4v) is 3.98. The fraction of sp³-hybridized carbons (Fsp3) is 0.450. The van der Waals surface area contributed by atoms with Gasteiger partial charge in [-0.3, -0.25) is 10.1 Å². The number of fused-ring (bicyclic) bond motifs is 1. The second kappa shape index (κ2) is 7.37. The maximum atomic E-state index is 5.66. The molecule has 3 aromatic rings. The van der Waals surface area contributed by atoms with E-state index in [1.807, 2.05) is 12.3 Å². The van der Waals surface area contributed by atoms with Crippen molar-refractivity contribution < 1.29 is 9.47 Å². The van der Waals surface area contributed by atoms with Gasteiger partial charge >= 0.3 is 0 Å². The summed E-state index contributed by atoms with van der Waals surface area (Å²) in [6, 6.07) is 6.51. The minimum Gasteiger partial charge on any atom is -0.378 e. The molecule has 28 heavy (non-hydrogen) atoms. The van der Waals surface area contributed by atoms with Crippen molar-refractivity contribution in [2.45, 2.75) is 13.0 Å². The number of anilines is 2. The van der Waals surface area contributed by atoms with Crippen LogP contribution in [0.4, 0.5) is 11.5 Å². The van der Waals surface area contributed by atoms with Gasteiger partial charge in [-0.15, -0.1) is 0 Å². The van der Waals surface area contributed by atoms with Crippen LogP contribution in [0.15, 0.2) is 30.6 Å². The maximum absolute atomic E-state index is 5.66. The third-order valence-corrected chi connectivity index (χ3v) is 5.46. The summed E-state index contributed by atoms with van der Waals surface area (Å²) in [7, 11) is 0. The lowest BCUT2D eigenvalue weighted by molar-refractivity contribution is 0.0991. The van der Waals surface area contributed by atoms with Gasteiger partial charge in [-0.05, 0) is 19.1 Å². The summed E-state index contributed by atoms with van der Waals surface area (Å²) in [4.78, 5) is 14.4. The zero-order valence-electron chi connectivity index (χ0n) is 16.0. The Morgan fingerprint density at radius 1 is 1.07 bits per heavy atom. The van der Waals surface area contributed by atoms with Crippen LogP contribution in [-0.4, -0.2) is 72.3 Å². The first-order valence-corrected chi connectivity index (χ1v) is 9.78. The van der Waals surface area contributed by atoms with E-state index >= 15 is 0 Å². The minimum absolute atomic E-state index is 0.306. The van der Waals surface area contributed by atoms with E-state index in [1.165, 1.54) is 5.69 Å². The molecule has 0 aliphatic carbocycles. The number of H-pyrrole nitrogens is 1. The first-order valence-electron chi connectivity index (χ1n) is 9.78. The van der Waals surface area contributed by atoms with Gasteiger partial charge in [-0.2, -0.15) is 5.10 Å². The quantitative estimate of drug-likeness (QED) is 0.745. The Bertz CT molecular complexity index is 955. The maximum Gasteiger partial charge on any atom is 0.131 e. The van der Waals surface area contributed by atoms with Crippen molar-refractivity contribution in [2.24, 2.45) is 0 Å². The van der Waals surface area contributed by atoms with Gasteiger partial charge in [0.05, 0.1) is 37.8 Å². The Labute approximate surface area is 163 Å². The molecule has 146 valence electrons. The summed E-state index contributed by atoms with van der Waals surface area (Å²) >= 11 is 0. The van der Waals surface area contributed by atoms with Gasteiger partial charge in [-0.25, -0.2) is 4.98 Å². The normalized spacial score (nSPS) is 20.7. The zero-order valence-corrected chi connectivity index (χ0v) is 16.0. The average Bonchev–Trinajstić information content (AvgIpc) is 3.28. The molecule has 0 aromatic carbocycles. The predicted molar refractivity (Wildman–Crippen MR) is 108 cm³/mol. The monoisotopic (exact) mass is 380 g/mol. The smallest absolute Gasteiger partial charge is 0.131 e. The van der Waals surface area contributed by atoms with E-state index in [2.05, 4.69) is 44.0 Å². The van der Waals surface area contributed by atoms with Gasteiger partial charge in [0.15, 0.2) is 0 Å². The van der Waals surface area contributed by atoms with E-state index in [1.54, 1.807) is 6.20 Å². The number of aromatic nitrogens is 4. The molecule has 8 heteroatoms. The van der Waals surface area contributed by atoms with Crippen LogP contribution < -0.4 is 9.80 Å². The number of hydrogen-bond donors (Lipinski definition) is 1. The number of nitrogens with one attached hydrogen (secondary N) is 1. The Morgan fingerprint density at radius 2 is 1.93 bits per heavy atom. The molecule has 5 rings (SSSR count). The molecule has 1 atom stereocenters. The van der Waals surface area contributed by atoms with Crippen LogP contribution in [0.25, 0.3) is 22.3 Å². The Morgan fingerprint density at radius 3 is 2.71 bits per heavy atom. The van der Waals surface area contributed by atoms with Crippen molar-refractivity contribution in [3.63, 3.8) is 0 Å². The number of rotatable bonds is 3. The number of nitrogens with zero attached hydrogens (tertiary/aromatic N) is 5. The summed E-state index contributed by atoms with van der Waals surface area (Å²) < 4.78 is 11.2. The SMILES string of the molecule is CC1COCCN1c1cc(N2CCOCC2)nc2c(-c3ccn[nH]3)nccc12. The third kappa shape index (κ3) is 3.08. The molecule has 3 aromatic heterocycles. The van der Waals surface area contributed by atoms with Crippen molar-refractivity contribution >= 4 is 22.4 Å². The van der Waals surface area contributed by atoms with Crippen molar-refractivity contribution in [2.75, 3.05) is 55.9 Å². The highest BCUT2D eigenvalue weighted by molar-refractivity contribution is 6.00. The molecule has 2 saturated heterocycles. The van der Waals surface area contributed by atoms with E-state index in [-0.39, 0.29) is 0 Å². The van der Waals surface area contributed by atoms with Gasteiger partial charge in [0, 0.05) is 49.5 Å². The first-order chi connectivity index (χ1) is 13.8. The van der Waals surface area contributed by atoms with Crippen molar-refractivity contribution in [1.29, 1.82) is 0 Å². The summed E-state index contributed by atoms with van der Waals surface area (Å²) in [5.41, 5.74) is 3.78. The van der Waals surface area contributed by atoms with E-state index in [0.29, 0.717) is 6.04 Å². The lowest BCUT2D eigenvalue weighted by Crippen LogP contribution is -2.44. The van der Waals surface area contributed by atoms with Crippen molar-refractivity contribution in [1.82, 2.24) is 20.2 Å². The Hall–Kier alpha value is -2.71. The molecular weight excluding hydrogens is 356 g/mol. The molecule has 0 saturated carbocycles. The first kappa shape index (κ1) is 17.4. The second-order valence-corrected chi connectivity index (χ2v) is 7.24. The van der Waals surface area contributed by atoms with Crippen LogP contribution in [0.2, 0.25) is 0 Å². The number of ether oxygens (including phenoxy) is 2. The molecule has 1 unspecified atom stereocenters. The van der Waals surface area contributed by atoms with Gasteiger partial charge in [0.2, 0.25) is 0 Å². The molecule has 1 N–H and O–H groups in total. The Balaban J connectivity index is 1.71. The molecule has 5 heterocycles. The van der Waals surface area contributed by atoms with Crippen LogP contribution in [0.1, 0.15) is 6.92 Å². The predicted octanol–water partition coefficient (Wildman–Crippen LogP) is 2.08. The molecular formula is C20H24N6O2. The highest BCUT2D eigenvalue weighted by Crippen LogP contribution is 2.35. The molecule has 2 fully saturated rings. The van der Waals surface area contributed by atoms with E-state index in [4.69, 9.17) is 14.5 Å². The van der Waals surface area contributed by atoms with Crippen LogP contribution in [-0.2, 0) is 9.47 Å². The second-order valence-electron chi connectivity index (χ2n) is 7.24. The van der Waals surface area contributed by atoms with Gasteiger partial charge in [0.25, 0.3) is 0 Å². The van der Waals surface area contributed by atoms with E-state index in [9.17, 15) is 0 Å². The van der Waals surface area contributed by atoms with E-state index in [0.717, 1.165) is 74.2 Å². The summed E-state index contributed by atoms with van der Waals surface area (Å²) in [6.45, 7) is 7.68. The topological polar surface area (TPSA) is 79.4 Å². The molecule has 0 radical (unpaired) electrons. The summed E-state index contributed by atoms with van der Waals surface area (Å²) in [6.07, 6.45) is 3.59. The van der Waals surface area contributed by atoms with E-state index < -0.39 is 0 Å². The number of aromatic amines is 1. The summed E-state index contributed by atoms with van der Waals surface area (Å²) in [5.74, 6) is 0.971. The zero-order chi connectivity index (χ0) is 18.9. The molecule has 0 amide bonds. The number of pyridine rings is 2. The van der Waals surface area contributed by atoms with Crippen LogP contribution in [0, 0.1) is 0 Å². The van der Waals surface area contributed by atoms with Gasteiger partial charge < -0.3 is 19.3 Å². The average molecular weight is 380 g/mol. The van der Waals surface area contributed by atoms with Crippen molar-refractivity contribution in [3.05, 3.63) is 30.6 Å². The highest BCUT2D eigenvalue weighted by Gasteiger charge is 2.25. The molecule has 2 aliphatic rings.